The zero-order valence-corrected chi connectivity index (χ0v) is 15.4. The van der Waals surface area contributed by atoms with E-state index in [0.717, 1.165) is 37.1 Å². The molecule has 25 heavy (non-hydrogen) atoms. The highest BCUT2D eigenvalue weighted by Crippen LogP contribution is 2.18. The van der Waals surface area contributed by atoms with Crippen LogP contribution in [0.2, 0.25) is 0 Å². The van der Waals surface area contributed by atoms with Gasteiger partial charge in [0, 0.05) is 18.8 Å². The van der Waals surface area contributed by atoms with Crippen molar-refractivity contribution >= 4 is 30.7 Å². The van der Waals surface area contributed by atoms with E-state index < -0.39 is 0 Å². The van der Waals surface area contributed by atoms with Crippen molar-refractivity contribution in [3.63, 3.8) is 0 Å². The van der Waals surface area contributed by atoms with Crippen molar-refractivity contribution in [3.8, 4) is 11.6 Å². The molecule has 1 fully saturated rings. The molecule has 1 atom stereocenters. The molecule has 5 nitrogen and oxygen atoms in total. The molecule has 1 saturated heterocycles. The number of carbonyl (C=O) groups is 1. The van der Waals surface area contributed by atoms with Crippen LogP contribution in [0.15, 0.2) is 48.7 Å². The van der Waals surface area contributed by atoms with Gasteiger partial charge in [0.05, 0.1) is 6.04 Å². The van der Waals surface area contributed by atoms with E-state index in [1.807, 2.05) is 42.5 Å². The Morgan fingerprint density at radius 2 is 1.96 bits per heavy atom. The summed E-state index contributed by atoms with van der Waals surface area (Å²) in [6.45, 7) is 1.40. The number of piperidine rings is 1. The first-order valence-corrected chi connectivity index (χ1v) is 8.00. The second kappa shape index (κ2) is 10.9. The third kappa shape index (κ3) is 6.53. The third-order valence-electron chi connectivity index (χ3n) is 3.86. The van der Waals surface area contributed by atoms with Gasteiger partial charge in [-0.2, -0.15) is 0 Å². The Bertz CT molecular complexity index is 633. The standard InChI is InChI=1S/C18H21N3O2.2ClH/c22-18(16-8-4-5-11-19-16)21-13-14-9-10-17(20-12-14)23-15-6-2-1-3-7-15;;/h1-3,6-7,9-10,12,16,19H,4-5,8,11,13H2,(H,21,22);2*1H/t16-;;/m1../s1. The summed E-state index contributed by atoms with van der Waals surface area (Å²) >= 11 is 0. The molecule has 1 aliphatic rings. The van der Waals surface area contributed by atoms with Crippen molar-refractivity contribution in [3.05, 3.63) is 54.2 Å². The van der Waals surface area contributed by atoms with E-state index in [1.54, 1.807) is 6.20 Å². The molecule has 0 saturated carbocycles. The van der Waals surface area contributed by atoms with Crippen LogP contribution in [-0.2, 0) is 11.3 Å². The van der Waals surface area contributed by atoms with Crippen molar-refractivity contribution in [1.29, 1.82) is 0 Å². The number of para-hydroxylation sites is 1. The molecular weight excluding hydrogens is 361 g/mol. The lowest BCUT2D eigenvalue weighted by Crippen LogP contribution is -2.46. The summed E-state index contributed by atoms with van der Waals surface area (Å²) in [6.07, 6.45) is 4.90. The average molecular weight is 384 g/mol. The van der Waals surface area contributed by atoms with Crippen molar-refractivity contribution in [2.45, 2.75) is 31.8 Å². The Hall–Kier alpha value is -1.82. The largest absolute Gasteiger partial charge is 0.439 e. The van der Waals surface area contributed by atoms with E-state index in [9.17, 15) is 4.79 Å². The number of benzene rings is 1. The lowest BCUT2D eigenvalue weighted by molar-refractivity contribution is -0.123. The maximum Gasteiger partial charge on any atom is 0.237 e. The Balaban J connectivity index is 0.00000156. The smallest absolute Gasteiger partial charge is 0.237 e. The van der Waals surface area contributed by atoms with Crippen LogP contribution in [0, 0.1) is 0 Å². The van der Waals surface area contributed by atoms with E-state index >= 15 is 0 Å². The van der Waals surface area contributed by atoms with Crippen molar-refractivity contribution in [1.82, 2.24) is 15.6 Å². The van der Waals surface area contributed by atoms with Crippen LogP contribution < -0.4 is 15.4 Å². The zero-order chi connectivity index (χ0) is 15.9. The van der Waals surface area contributed by atoms with Gasteiger partial charge in [0.1, 0.15) is 5.75 Å². The summed E-state index contributed by atoms with van der Waals surface area (Å²) in [5, 5.41) is 6.20. The number of rotatable bonds is 5. The fourth-order valence-corrected chi connectivity index (χ4v) is 2.57. The molecule has 2 heterocycles. The molecule has 1 aromatic carbocycles. The molecular formula is C18H23Cl2N3O2. The molecule has 1 aliphatic heterocycles. The maximum absolute atomic E-state index is 12.1. The fourth-order valence-electron chi connectivity index (χ4n) is 2.57. The molecule has 0 spiro atoms. The van der Waals surface area contributed by atoms with Gasteiger partial charge < -0.3 is 15.4 Å². The minimum Gasteiger partial charge on any atom is -0.439 e. The average Bonchev–Trinajstić information content (AvgIpc) is 2.62. The van der Waals surface area contributed by atoms with Crippen LogP contribution >= 0.6 is 24.8 Å². The predicted molar refractivity (Wildman–Crippen MR) is 103 cm³/mol. The van der Waals surface area contributed by atoms with Crippen LogP contribution in [-0.4, -0.2) is 23.5 Å². The van der Waals surface area contributed by atoms with Crippen molar-refractivity contribution in [2.75, 3.05) is 6.54 Å². The quantitative estimate of drug-likeness (QED) is 0.829. The summed E-state index contributed by atoms with van der Waals surface area (Å²) in [5.74, 6) is 1.36. The van der Waals surface area contributed by atoms with Gasteiger partial charge in [-0.05, 0) is 37.1 Å². The number of nitrogens with zero attached hydrogens (tertiary/aromatic N) is 1. The molecule has 136 valence electrons. The minimum absolute atomic E-state index is 0. The van der Waals surface area contributed by atoms with Crippen LogP contribution in [0.25, 0.3) is 0 Å². The predicted octanol–water partition coefficient (Wildman–Crippen LogP) is 3.48. The van der Waals surface area contributed by atoms with Crippen LogP contribution in [0.4, 0.5) is 0 Å². The number of carbonyl (C=O) groups excluding carboxylic acids is 1. The maximum atomic E-state index is 12.1. The summed E-state index contributed by atoms with van der Waals surface area (Å²) < 4.78 is 5.65. The molecule has 2 aromatic rings. The van der Waals surface area contributed by atoms with Gasteiger partial charge in [-0.3, -0.25) is 4.79 Å². The highest BCUT2D eigenvalue weighted by Gasteiger charge is 2.19. The molecule has 3 rings (SSSR count). The second-order valence-corrected chi connectivity index (χ2v) is 5.64. The number of aromatic nitrogens is 1. The first-order valence-electron chi connectivity index (χ1n) is 8.00. The normalized spacial score (nSPS) is 16.1. The molecule has 0 unspecified atom stereocenters. The summed E-state index contributed by atoms with van der Waals surface area (Å²) in [5.41, 5.74) is 0.953. The van der Waals surface area contributed by atoms with E-state index in [1.165, 1.54) is 0 Å². The molecule has 0 bridgehead atoms. The highest BCUT2D eigenvalue weighted by atomic mass is 35.5. The van der Waals surface area contributed by atoms with E-state index in [4.69, 9.17) is 4.74 Å². The highest BCUT2D eigenvalue weighted by molar-refractivity contribution is 5.85. The first-order chi connectivity index (χ1) is 11.3. The topological polar surface area (TPSA) is 63.2 Å². The van der Waals surface area contributed by atoms with Gasteiger partial charge in [-0.1, -0.05) is 30.7 Å². The van der Waals surface area contributed by atoms with E-state index in [-0.39, 0.29) is 36.8 Å². The molecule has 1 aromatic heterocycles. The molecule has 0 radical (unpaired) electrons. The Kier molecular flexibility index (Phi) is 9.27. The van der Waals surface area contributed by atoms with Crippen molar-refractivity contribution in [2.24, 2.45) is 0 Å². The first kappa shape index (κ1) is 21.2. The van der Waals surface area contributed by atoms with Crippen LogP contribution in [0.3, 0.4) is 0 Å². The fraction of sp³-hybridized carbons (Fsp3) is 0.333. The Morgan fingerprint density at radius 1 is 1.16 bits per heavy atom. The summed E-state index contributed by atoms with van der Waals surface area (Å²) in [6, 6.07) is 13.2. The van der Waals surface area contributed by atoms with Gasteiger partial charge in [0.2, 0.25) is 11.8 Å². The molecule has 7 heteroatoms. The summed E-state index contributed by atoms with van der Waals surface area (Å²) in [4.78, 5) is 16.3. The van der Waals surface area contributed by atoms with Gasteiger partial charge in [-0.25, -0.2) is 4.98 Å². The van der Waals surface area contributed by atoms with Crippen molar-refractivity contribution < 1.29 is 9.53 Å². The molecule has 0 aliphatic carbocycles. The third-order valence-corrected chi connectivity index (χ3v) is 3.86. The number of ether oxygens (including phenoxy) is 1. The lowest BCUT2D eigenvalue weighted by atomic mass is 10.0. The number of amides is 1. The Labute approximate surface area is 160 Å². The number of hydrogen-bond donors (Lipinski definition) is 2. The minimum atomic E-state index is -0.0580. The van der Waals surface area contributed by atoms with Gasteiger partial charge >= 0.3 is 0 Å². The van der Waals surface area contributed by atoms with E-state index in [2.05, 4.69) is 15.6 Å². The van der Waals surface area contributed by atoms with Gasteiger partial charge in [0.25, 0.3) is 0 Å². The van der Waals surface area contributed by atoms with Crippen LogP contribution in [0.5, 0.6) is 11.6 Å². The van der Waals surface area contributed by atoms with E-state index in [0.29, 0.717) is 12.4 Å². The lowest BCUT2D eigenvalue weighted by Gasteiger charge is -2.22. The second-order valence-electron chi connectivity index (χ2n) is 5.64. The summed E-state index contributed by atoms with van der Waals surface area (Å²) in [7, 11) is 0. The van der Waals surface area contributed by atoms with Gasteiger partial charge in [0.15, 0.2) is 0 Å². The number of pyridine rings is 1. The number of nitrogens with one attached hydrogen (secondary N) is 2. The van der Waals surface area contributed by atoms with Crippen LogP contribution in [0.1, 0.15) is 24.8 Å². The van der Waals surface area contributed by atoms with Gasteiger partial charge in [-0.15, -0.1) is 24.8 Å². The SMILES string of the molecule is Cl.Cl.O=C(NCc1ccc(Oc2ccccc2)nc1)[C@H]1CCCCN1. The molecule has 2 N–H and O–H groups in total. The number of halogens is 2. The Morgan fingerprint density at radius 3 is 2.60 bits per heavy atom. The number of hydrogen-bond acceptors (Lipinski definition) is 4. The monoisotopic (exact) mass is 383 g/mol. The molecule has 1 amide bonds. The zero-order valence-electron chi connectivity index (χ0n) is 13.8.